The third-order valence-electron chi connectivity index (χ3n) is 5.54. The molecule has 1 atom stereocenters. The maximum Gasteiger partial charge on any atom is 0.290 e. The average Bonchev–Trinajstić information content (AvgIpc) is 3.29. The second kappa shape index (κ2) is 9.49. The normalized spacial score (nSPS) is 21.0. The Bertz CT molecular complexity index is 677. The monoisotopic (exact) mass is 390 g/mol. The molecule has 0 radical (unpaired) electrons. The van der Waals surface area contributed by atoms with E-state index < -0.39 is 0 Å². The molecule has 0 N–H and O–H groups in total. The van der Waals surface area contributed by atoms with Gasteiger partial charge in [-0.1, -0.05) is 26.2 Å². The highest BCUT2D eigenvalue weighted by Crippen LogP contribution is 2.36. The Labute approximate surface area is 165 Å². The van der Waals surface area contributed by atoms with Gasteiger partial charge in [0.1, 0.15) is 0 Å². The first-order valence-corrected chi connectivity index (χ1v) is 11.2. The van der Waals surface area contributed by atoms with Crippen molar-refractivity contribution >= 4 is 28.9 Å². The van der Waals surface area contributed by atoms with Gasteiger partial charge in [-0.05, 0) is 44.2 Å². The summed E-state index contributed by atoms with van der Waals surface area (Å²) in [7, 11) is 0. The van der Waals surface area contributed by atoms with Gasteiger partial charge in [0.25, 0.3) is 11.8 Å². The molecule has 0 saturated carbocycles. The van der Waals surface area contributed by atoms with Crippen LogP contribution in [0, 0.1) is 0 Å². The molecule has 3 heterocycles. The number of Topliss-reactive ketones (excluding diaryl/α,β-unsaturated/α-hetero) is 1. The molecule has 148 valence electrons. The van der Waals surface area contributed by atoms with Gasteiger partial charge in [-0.2, -0.15) is 0 Å². The molecule has 2 aliphatic heterocycles. The van der Waals surface area contributed by atoms with E-state index in [0.29, 0.717) is 19.4 Å². The molecule has 6 heteroatoms. The summed E-state index contributed by atoms with van der Waals surface area (Å²) < 4.78 is 0. The number of likely N-dealkylation sites (tertiary alicyclic amines) is 2. The third kappa shape index (κ3) is 4.78. The molecule has 5 nitrogen and oxygen atoms in total. The highest BCUT2D eigenvalue weighted by Gasteiger charge is 2.34. The van der Waals surface area contributed by atoms with E-state index in [1.54, 1.807) is 4.90 Å². The molecule has 2 fully saturated rings. The number of ketones is 1. The average molecular weight is 391 g/mol. The fourth-order valence-corrected chi connectivity index (χ4v) is 5.18. The van der Waals surface area contributed by atoms with E-state index in [1.165, 1.54) is 30.6 Å². The minimum Gasteiger partial charge on any atom is -0.338 e. The molecule has 2 aliphatic rings. The Hall–Kier alpha value is -1.69. The lowest BCUT2D eigenvalue weighted by molar-refractivity contribution is -0.145. The molecular formula is C21H30N2O3S. The quantitative estimate of drug-likeness (QED) is 0.709. The van der Waals surface area contributed by atoms with Crippen LogP contribution in [0.1, 0.15) is 85.3 Å². The van der Waals surface area contributed by atoms with Gasteiger partial charge in [0, 0.05) is 30.9 Å². The fraction of sp³-hybridized carbons (Fsp3) is 0.667. The maximum atomic E-state index is 12.9. The van der Waals surface area contributed by atoms with Gasteiger partial charge in [0.2, 0.25) is 5.78 Å². The van der Waals surface area contributed by atoms with Crippen LogP contribution in [0.2, 0.25) is 0 Å². The Balaban J connectivity index is 1.69. The Kier molecular flexibility index (Phi) is 7.05. The van der Waals surface area contributed by atoms with Crippen molar-refractivity contribution in [3.63, 3.8) is 0 Å². The minimum absolute atomic E-state index is 0.0582. The number of nitrogens with zero attached hydrogens (tertiary/aromatic N) is 2. The van der Waals surface area contributed by atoms with Gasteiger partial charge in [-0.15, -0.1) is 11.3 Å². The van der Waals surface area contributed by atoms with Crippen molar-refractivity contribution in [3.05, 3.63) is 21.9 Å². The van der Waals surface area contributed by atoms with E-state index in [1.807, 2.05) is 24.0 Å². The second-order valence-corrected chi connectivity index (χ2v) is 8.71. The molecule has 0 aromatic carbocycles. The third-order valence-corrected chi connectivity index (χ3v) is 6.71. The molecule has 1 aromatic heterocycles. The smallest absolute Gasteiger partial charge is 0.290 e. The van der Waals surface area contributed by atoms with Gasteiger partial charge >= 0.3 is 0 Å². The first kappa shape index (κ1) is 20.1. The van der Waals surface area contributed by atoms with Crippen LogP contribution in [-0.2, 0) is 9.59 Å². The van der Waals surface area contributed by atoms with Gasteiger partial charge in [-0.3, -0.25) is 14.4 Å². The summed E-state index contributed by atoms with van der Waals surface area (Å²) >= 11 is 1.49. The molecule has 1 aromatic rings. The molecule has 27 heavy (non-hydrogen) atoms. The molecule has 2 amide bonds. The highest BCUT2D eigenvalue weighted by molar-refractivity contribution is 7.14. The van der Waals surface area contributed by atoms with Gasteiger partial charge < -0.3 is 9.80 Å². The topological polar surface area (TPSA) is 57.7 Å². The van der Waals surface area contributed by atoms with Crippen LogP contribution in [0.3, 0.4) is 0 Å². The molecule has 0 bridgehead atoms. The predicted molar refractivity (Wildman–Crippen MR) is 107 cm³/mol. The van der Waals surface area contributed by atoms with Crippen LogP contribution < -0.4 is 0 Å². The Morgan fingerprint density at radius 3 is 2.41 bits per heavy atom. The zero-order valence-corrected chi connectivity index (χ0v) is 17.1. The Morgan fingerprint density at radius 1 is 1.00 bits per heavy atom. The number of amides is 2. The van der Waals surface area contributed by atoms with E-state index in [-0.39, 0.29) is 23.6 Å². The zero-order valence-electron chi connectivity index (χ0n) is 16.2. The first-order chi connectivity index (χ1) is 13.1. The lowest BCUT2D eigenvalue weighted by Crippen LogP contribution is -2.35. The summed E-state index contributed by atoms with van der Waals surface area (Å²) in [6, 6.07) is 3.82. The largest absolute Gasteiger partial charge is 0.338 e. The summed E-state index contributed by atoms with van der Waals surface area (Å²) in [6.45, 7) is 4.22. The van der Waals surface area contributed by atoms with Crippen LogP contribution in [0.25, 0.3) is 0 Å². The summed E-state index contributed by atoms with van der Waals surface area (Å²) in [5, 5.41) is 0. The standard InChI is InChI=1S/C21H30N2O3S/c1-2-9-17(24)20(25)23-15-8-10-16(23)18-11-12-19(27-18)21(26)22-13-6-4-3-5-7-14-22/h11-12,16H,2-10,13-15H2,1H3. The number of rotatable bonds is 5. The molecule has 0 aliphatic carbocycles. The van der Waals surface area contributed by atoms with Gasteiger partial charge in [-0.25, -0.2) is 0 Å². The molecule has 1 unspecified atom stereocenters. The SMILES string of the molecule is CCCC(=O)C(=O)N1CCCC1c1ccc(C(=O)N2CCCCCCC2)s1. The van der Waals surface area contributed by atoms with Crippen molar-refractivity contribution in [1.82, 2.24) is 9.80 Å². The predicted octanol–water partition coefficient (Wildman–Crippen LogP) is 4.19. The van der Waals surface area contributed by atoms with Crippen molar-refractivity contribution in [3.8, 4) is 0 Å². The number of hydrogen-bond donors (Lipinski definition) is 0. The van der Waals surface area contributed by atoms with Crippen molar-refractivity contribution in [1.29, 1.82) is 0 Å². The van der Waals surface area contributed by atoms with Crippen molar-refractivity contribution < 1.29 is 14.4 Å². The van der Waals surface area contributed by atoms with Crippen molar-refractivity contribution in [2.24, 2.45) is 0 Å². The summed E-state index contributed by atoms with van der Waals surface area (Å²) in [5.74, 6) is -0.534. The summed E-state index contributed by atoms with van der Waals surface area (Å²) in [4.78, 5) is 42.9. The van der Waals surface area contributed by atoms with Gasteiger partial charge in [0.05, 0.1) is 10.9 Å². The van der Waals surface area contributed by atoms with Crippen LogP contribution in [0.4, 0.5) is 0 Å². The zero-order chi connectivity index (χ0) is 19.2. The summed E-state index contributed by atoms with van der Waals surface area (Å²) in [6.07, 6.45) is 8.60. The molecular weight excluding hydrogens is 360 g/mol. The van der Waals surface area contributed by atoms with Crippen LogP contribution in [0.5, 0.6) is 0 Å². The number of carbonyl (C=O) groups is 3. The molecule has 3 rings (SSSR count). The Morgan fingerprint density at radius 2 is 1.70 bits per heavy atom. The number of carbonyl (C=O) groups excluding carboxylic acids is 3. The lowest BCUT2D eigenvalue weighted by Gasteiger charge is -2.24. The van der Waals surface area contributed by atoms with E-state index in [4.69, 9.17) is 0 Å². The lowest BCUT2D eigenvalue weighted by atomic mass is 10.1. The van der Waals surface area contributed by atoms with Crippen molar-refractivity contribution in [2.75, 3.05) is 19.6 Å². The fourth-order valence-electron chi connectivity index (χ4n) is 4.05. The summed E-state index contributed by atoms with van der Waals surface area (Å²) in [5.41, 5.74) is 0. The molecule has 2 saturated heterocycles. The molecule has 0 spiro atoms. The number of hydrogen-bond acceptors (Lipinski definition) is 4. The van der Waals surface area contributed by atoms with E-state index in [9.17, 15) is 14.4 Å². The van der Waals surface area contributed by atoms with Crippen molar-refractivity contribution in [2.45, 2.75) is 70.8 Å². The minimum atomic E-state index is -0.357. The number of thiophene rings is 1. The second-order valence-electron chi connectivity index (χ2n) is 7.59. The highest BCUT2D eigenvalue weighted by atomic mass is 32.1. The van der Waals surface area contributed by atoms with E-state index >= 15 is 0 Å². The van der Waals surface area contributed by atoms with E-state index in [0.717, 1.165) is 48.5 Å². The van der Waals surface area contributed by atoms with Crippen LogP contribution in [-0.4, -0.2) is 47.0 Å². The van der Waals surface area contributed by atoms with E-state index in [2.05, 4.69) is 0 Å². The van der Waals surface area contributed by atoms with Gasteiger partial charge in [0.15, 0.2) is 0 Å². The van der Waals surface area contributed by atoms with Crippen LogP contribution >= 0.6 is 11.3 Å². The maximum absolute atomic E-state index is 12.9. The van der Waals surface area contributed by atoms with Crippen LogP contribution in [0.15, 0.2) is 12.1 Å². The first-order valence-electron chi connectivity index (χ1n) is 10.3.